The van der Waals surface area contributed by atoms with E-state index < -0.39 is 12.7 Å². The smallest absolute Gasteiger partial charge is 0.382 e. The lowest BCUT2D eigenvalue weighted by atomic mass is 10.3. The van der Waals surface area contributed by atoms with E-state index in [1.54, 1.807) is 14.2 Å². The van der Waals surface area contributed by atoms with Crippen LogP contribution in [0.25, 0.3) is 0 Å². The molecule has 2 N–H and O–H groups in total. The molecule has 0 fully saturated rings. The molecule has 2 unspecified atom stereocenters. The van der Waals surface area contributed by atoms with Gasteiger partial charge in [0.15, 0.2) is 0 Å². The summed E-state index contributed by atoms with van der Waals surface area (Å²) in [6.07, 6.45) is -4.25. The van der Waals surface area contributed by atoms with Crippen LogP contribution in [0.2, 0.25) is 0 Å². The molecule has 4 nitrogen and oxygen atoms in total. The lowest BCUT2D eigenvalue weighted by Gasteiger charge is -2.19. The first kappa shape index (κ1) is 16.6. The van der Waals surface area contributed by atoms with E-state index >= 15 is 0 Å². The zero-order valence-electron chi connectivity index (χ0n) is 10.4. The van der Waals surface area contributed by atoms with Crippen LogP contribution >= 0.6 is 0 Å². The van der Waals surface area contributed by atoms with E-state index in [2.05, 4.69) is 10.6 Å². The highest BCUT2D eigenvalue weighted by molar-refractivity contribution is 4.69. The average molecular weight is 258 g/mol. The van der Waals surface area contributed by atoms with Crippen molar-refractivity contribution in [2.75, 3.05) is 40.5 Å². The third-order valence-electron chi connectivity index (χ3n) is 2.16. The standard InChI is InChI=1S/C10H21F3N2O2/c1-8(4-14-7-10(11,12)13)15-5-9(17-3)6-16-2/h8-9,14-15H,4-7H2,1-3H3. The van der Waals surface area contributed by atoms with E-state index in [-0.39, 0.29) is 18.7 Å². The van der Waals surface area contributed by atoms with Gasteiger partial charge in [0.25, 0.3) is 0 Å². The van der Waals surface area contributed by atoms with Crippen molar-refractivity contribution in [3.63, 3.8) is 0 Å². The zero-order valence-corrected chi connectivity index (χ0v) is 10.4. The molecule has 104 valence electrons. The molecular formula is C10H21F3N2O2. The Hall–Kier alpha value is -0.370. The summed E-state index contributed by atoms with van der Waals surface area (Å²) in [4.78, 5) is 0. The van der Waals surface area contributed by atoms with Crippen LogP contribution in [0, 0.1) is 0 Å². The van der Waals surface area contributed by atoms with Gasteiger partial charge in [-0.05, 0) is 6.92 Å². The second kappa shape index (κ2) is 8.68. The summed E-state index contributed by atoms with van der Waals surface area (Å²) >= 11 is 0. The lowest BCUT2D eigenvalue weighted by molar-refractivity contribution is -0.124. The Bertz CT molecular complexity index is 191. The summed E-state index contributed by atoms with van der Waals surface area (Å²) in [7, 11) is 3.14. The first-order chi connectivity index (χ1) is 7.89. The summed E-state index contributed by atoms with van der Waals surface area (Å²) in [5.41, 5.74) is 0. The van der Waals surface area contributed by atoms with Crippen LogP contribution in [-0.2, 0) is 9.47 Å². The Morgan fingerprint density at radius 3 is 2.29 bits per heavy atom. The third kappa shape index (κ3) is 10.5. The molecule has 7 heteroatoms. The Morgan fingerprint density at radius 1 is 1.18 bits per heavy atom. The molecule has 2 atom stereocenters. The molecule has 0 aliphatic rings. The van der Waals surface area contributed by atoms with Crippen LogP contribution in [-0.4, -0.2) is 58.8 Å². The van der Waals surface area contributed by atoms with Gasteiger partial charge in [-0.25, -0.2) is 0 Å². The summed E-state index contributed by atoms with van der Waals surface area (Å²) in [5.74, 6) is 0. The summed E-state index contributed by atoms with van der Waals surface area (Å²) in [6.45, 7) is 2.09. The summed E-state index contributed by atoms with van der Waals surface area (Å²) in [6, 6.07) is -0.0631. The summed E-state index contributed by atoms with van der Waals surface area (Å²) in [5, 5.41) is 5.41. The first-order valence-corrected chi connectivity index (χ1v) is 5.41. The number of methoxy groups -OCH3 is 2. The molecule has 0 aliphatic heterocycles. The van der Waals surface area contributed by atoms with Gasteiger partial charge in [0, 0.05) is 33.4 Å². The number of halogens is 3. The number of ether oxygens (including phenoxy) is 2. The van der Waals surface area contributed by atoms with Crippen molar-refractivity contribution in [3.8, 4) is 0 Å². The molecule has 0 amide bonds. The van der Waals surface area contributed by atoms with E-state index in [4.69, 9.17) is 9.47 Å². The van der Waals surface area contributed by atoms with Crippen LogP contribution in [0.15, 0.2) is 0 Å². The largest absolute Gasteiger partial charge is 0.401 e. The molecular weight excluding hydrogens is 237 g/mol. The maximum atomic E-state index is 11.9. The van der Waals surface area contributed by atoms with Gasteiger partial charge in [0.05, 0.1) is 19.3 Å². The highest BCUT2D eigenvalue weighted by Gasteiger charge is 2.26. The fraction of sp³-hybridized carbons (Fsp3) is 1.00. The Labute approximate surface area is 99.8 Å². The van der Waals surface area contributed by atoms with Crippen molar-refractivity contribution in [1.29, 1.82) is 0 Å². The van der Waals surface area contributed by atoms with Crippen molar-refractivity contribution in [2.45, 2.75) is 25.2 Å². The quantitative estimate of drug-likeness (QED) is 0.641. The van der Waals surface area contributed by atoms with Gasteiger partial charge < -0.3 is 20.1 Å². The predicted octanol–water partition coefficient (Wildman–Crippen LogP) is 0.778. The van der Waals surface area contributed by atoms with E-state index in [0.717, 1.165) is 0 Å². The highest BCUT2D eigenvalue weighted by Crippen LogP contribution is 2.11. The molecule has 0 heterocycles. The second-order valence-electron chi connectivity index (χ2n) is 3.87. The Balaban J connectivity index is 3.61. The topological polar surface area (TPSA) is 42.5 Å². The van der Waals surface area contributed by atoms with Crippen LogP contribution < -0.4 is 10.6 Å². The van der Waals surface area contributed by atoms with Crippen molar-refractivity contribution in [2.24, 2.45) is 0 Å². The highest BCUT2D eigenvalue weighted by atomic mass is 19.4. The first-order valence-electron chi connectivity index (χ1n) is 5.41. The van der Waals surface area contributed by atoms with Crippen molar-refractivity contribution < 1.29 is 22.6 Å². The van der Waals surface area contributed by atoms with E-state index in [9.17, 15) is 13.2 Å². The molecule has 0 saturated heterocycles. The van der Waals surface area contributed by atoms with Crippen molar-refractivity contribution in [1.82, 2.24) is 10.6 Å². The fourth-order valence-electron chi connectivity index (χ4n) is 1.23. The minimum Gasteiger partial charge on any atom is -0.382 e. The van der Waals surface area contributed by atoms with Crippen LogP contribution in [0.5, 0.6) is 0 Å². The molecule has 0 saturated carbocycles. The second-order valence-corrected chi connectivity index (χ2v) is 3.87. The van der Waals surface area contributed by atoms with Crippen molar-refractivity contribution in [3.05, 3.63) is 0 Å². The normalized spacial score (nSPS) is 15.9. The fourth-order valence-corrected chi connectivity index (χ4v) is 1.23. The predicted molar refractivity (Wildman–Crippen MR) is 59.1 cm³/mol. The van der Waals surface area contributed by atoms with Crippen LogP contribution in [0.3, 0.4) is 0 Å². The average Bonchev–Trinajstić information content (AvgIpc) is 2.22. The molecule has 0 rings (SSSR count). The lowest BCUT2D eigenvalue weighted by Crippen LogP contribution is -2.43. The number of hydrogen-bond donors (Lipinski definition) is 2. The van der Waals surface area contributed by atoms with E-state index in [1.165, 1.54) is 0 Å². The zero-order chi connectivity index (χ0) is 13.3. The Morgan fingerprint density at radius 2 is 1.82 bits per heavy atom. The summed E-state index contributed by atoms with van der Waals surface area (Å²) < 4.78 is 45.6. The van der Waals surface area contributed by atoms with Gasteiger partial charge >= 0.3 is 6.18 Å². The van der Waals surface area contributed by atoms with E-state index in [0.29, 0.717) is 13.2 Å². The number of nitrogens with one attached hydrogen (secondary N) is 2. The molecule has 0 aromatic carbocycles. The SMILES string of the molecule is COCC(CNC(C)CNCC(F)(F)F)OC. The molecule has 17 heavy (non-hydrogen) atoms. The molecule has 0 bridgehead atoms. The minimum atomic E-state index is -4.16. The van der Waals surface area contributed by atoms with Gasteiger partial charge in [0.1, 0.15) is 0 Å². The van der Waals surface area contributed by atoms with Gasteiger partial charge in [-0.1, -0.05) is 0 Å². The molecule has 0 spiro atoms. The maximum Gasteiger partial charge on any atom is 0.401 e. The number of hydrogen-bond acceptors (Lipinski definition) is 4. The van der Waals surface area contributed by atoms with Crippen molar-refractivity contribution >= 4 is 0 Å². The Kier molecular flexibility index (Phi) is 8.49. The molecule has 0 aliphatic carbocycles. The molecule has 0 aromatic heterocycles. The monoisotopic (exact) mass is 258 g/mol. The number of rotatable bonds is 9. The van der Waals surface area contributed by atoms with Gasteiger partial charge in [-0.2, -0.15) is 13.2 Å². The third-order valence-corrected chi connectivity index (χ3v) is 2.16. The van der Waals surface area contributed by atoms with Gasteiger partial charge in [-0.3, -0.25) is 0 Å². The maximum absolute atomic E-state index is 11.9. The van der Waals surface area contributed by atoms with E-state index in [1.807, 2.05) is 6.92 Å². The van der Waals surface area contributed by atoms with Crippen LogP contribution in [0.4, 0.5) is 13.2 Å². The molecule has 0 radical (unpaired) electrons. The minimum absolute atomic E-state index is 0.0631. The van der Waals surface area contributed by atoms with Gasteiger partial charge in [0.2, 0.25) is 0 Å². The molecule has 0 aromatic rings. The number of alkyl halides is 3. The van der Waals surface area contributed by atoms with Gasteiger partial charge in [-0.15, -0.1) is 0 Å². The van der Waals surface area contributed by atoms with Crippen LogP contribution in [0.1, 0.15) is 6.92 Å².